The van der Waals surface area contributed by atoms with Gasteiger partial charge in [-0.1, -0.05) is 42.0 Å². The van der Waals surface area contributed by atoms with Gasteiger partial charge in [-0.3, -0.25) is 9.71 Å². The highest BCUT2D eigenvalue weighted by atomic mass is 32.2. The van der Waals surface area contributed by atoms with Gasteiger partial charge in [0.05, 0.1) is 5.75 Å². The average molecular weight is 352 g/mol. The summed E-state index contributed by atoms with van der Waals surface area (Å²) in [4.78, 5) is 4.00. The third-order valence-corrected chi connectivity index (χ3v) is 5.08. The minimum Gasteiger partial charge on any atom is -0.283 e. The highest BCUT2D eigenvalue weighted by Gasteiger charge is 2.12. The van der Waals surface area contributed by atoms with E-state index in [4.69, 9.17) is 0 Å². The summed E-state index contributed by atoms with van der Waals surface area (Å²) in [5.41, 5.74) is 4.69. The molecule has 1 heterocycles. The topological polar surface area (TPSA) is 59.1 Å². The summed E-state index contributed by atoms with van der Waals surface area (Å²) in [6.45, 7) is 1.95. The minimum atomic E-state index is -3.43. The van der Waals surface area contributed by atoms with E-state index in [1.807, 2.05) is 55.5 Å². The zero-order valence-electron chi connectivity index (χ0n) is 14.0. The van der Waals surface area contributed by atoms with Gasteiger partial charge in [0.1, 0.15) is 0 Å². The monoisotopic (exact) mass is 352 g/mol. The van der Waals surface area contributed by atoms with Crippen molar-refractivity contribution < 1.29 is 8.42 Å². The van der Waals surface area contributed by atoms with Gasteiger partial charge in [-0.2, -0.15) is 0 Å². The van der Waals surface area contributed by atoms with E-state index in [0.29, 0.717) is 5.69 Å². The number of rotatable bonds is 6. The fraction of sp³-hybridized carbons (Fsp3) is 0.150. The summed E-state index contributed by atoms with van der Waals surface area (Å²) in [7, 11) is -3.43. The Kier molecular flexibility index (Phi) is 5.14. The first kappa shape index (κ1) is 17.2. The van der Waals surface area contributed by atoms with Crippen molar-refractivity contribution in [2.45, 2.75) is 19.1 Å². The number of benzene rings is 2. The smallest absolute Gasteiger partial charge is 0.236 e. The Balaban J connectivity index is 1.66. The van der Waals surface area contributed by atoms with Crippen LogP contribution in [0.4, 0.5) is 5.69 Å². The molecule has 0 fully saturated rings. The standard InChI is InChI=1S/C20H20N2O2S/c1-16-3-2-4-19(13-16)15-25(23,24)22-20-7-5-17(6-8-20)14-18-9-11-21-12-10-18/h2-13,22H,14-15H2,1H3. The van der Waals surface area contributed by atoms with E-state index in [9.17, 15) is 8.42 Å². The molecule has 0 aliphatic heterocycles. The molecular formula is C20H20N2O2S. The molecule has 3 aromatic rings. The molecule has 128 valence electrons. The van der Waals surface area contributed by atoms with Crippen LogP contribution < -0.4 is 4.72 Å². The minimum absolute atomic E-state index is 0.0343. The Bertz CT molecular complexity index is 937. The molecule has 0 radical (unpaired) electrons. The first-order chi connectivity index (χ1) is 12.0. The average Bonchev–Trinajstić information content (AvgIpc) is 2.57. The molecule has 4 nitrogen and oxygen atoms in total. The molecule has 0 saturated heterocycles. The Morgan fingerprint density at radius 2 is 1.56 bits per heavy atom. The predicted octanol–water partition coefficient (Wildman–Crippen LogP) is 3.92. The predicted molar refractivity (Wildman–Crippen MR) is 101 cm³/mol. The molecule has 0 aliphatic rings. The van der Waals surface area contributed by atoms with Crippen molar-refractivity contribution >= 4 is 15.7 Å². The van der Waals surface area contributed by atoms with Gasteiger partial charge in [0, 0.05) is 18.1 Å². The van der Waals surface area contributed by atoms with Gasteiger partial charge in [0.2, 0.25) is 10.0 Å². The van der Waals surface area contributed by atoms with E-state index in [0.717, 1.165) is 23.1 Å². The molecule has 0 saturated carbocycles. The highest BCUT2D eigenvalue weighted by Crippen LogP contribution is 2.16. The molecule has 25 heavy (non-hydrogen) atoms. The van der Waals surface area contributed by atoms with Gasteiger partial charge in [0.15, 0.2) is 0 Å². The van der Waals surface area contributed by atoms with E-state index in [1.165, 1.54) is 5.56 Å². The molecule has 1 N–H and O–H groups in total. The molecule has 2 aromatic carbocycles. The van der Waals surface area contributed by atoms with Crippen molar-refractivity contribution in [1.82, 2.24) is 4.98 Å². The maximum absolute atomic E-state index is 12.3. The van der Waals surface area contributed by atoms with Gasteiger partial charge in [-0.25, -0.2) is 8.42 Å². The highest BCUT2D eigenvalue weighted by molar-refractivity contribution is 7.91. The summed E-state index contributed by atoms with van der Waals surface area (Å²) in [5.74, 6) is -0.0343. The van der Waals surface area contributed by atoms with Crippen LogP contribution in [0.1, 0.15) is 22.3 Å². The second kappa shape index (κ2) is 7.49. The van der Waals surface area contributed by atoms with E-state index in [-0.39, 0.29) is 5.75 Å². The van der Waals surface area contributed by atoms with E-state index >= 15 is 0 Å². The summed E-state index contributed by atoms with van der Waals surface area (Å²) in [6, 6.07) is 18.9. The number of sulfonamides is 1. The zero-order chi connectivity index (χ0) is 17.7. The Labute approximate surface area is 148 Å². The lowest BCUT2D eigenvalue weighted by atomic mass is 10.1. The van der Waals surface area contributed by atoms with Crippen LogP contribution in [0.5, 0.6) is 0 Å². The van der Waals surface area contributed by atoms with Crippen LogP contribution in [0.2, 0.25) is 0 Å². The van der Waals surface area contributed by atoms with Crippen LogP contribution in [0.25, 0.3) is 0 Å². The van der Waals surface area contributed by atoms with E-state index < -0.39 is 10.0 Å². The van der Waals surface area contributed by atoms with Gasteiger partial charge in [-0.05, 0) is 54.3 Å². The molecule has 1 aromatic heterocycles. The summed E-state index contributed by atoms with van der Waals surface area (Å²) in [6.07, 6.45) is 4.32. The molecule has 0 unspecified atom stereocenters. The summed E-state index contributed by atoms with van der Waals surface area (Å²) in [5, 5.41) is 0. The molecule has 0 atom stereocenters. The third kappa shape index (κ3) is 5.16. The number of hydrogen-bond acceptors (Lipinski definition) is 3. The lowest BCUT2D eigenvalue weighted by molar-refractivity contribution is 0.600. The van der Waals surface area contributed by atoms with Gasteiger partial charge < -0.3 is 0 Å². The van der Waals surface area contributed by atoms with Gasteiger partial charge >= 0.3 is 0 Å². The second-order valence-electron chi connectivity index (χ2n) is 6.08. The molecule has 0 aliphatic carbocycles. The van der Waals surface area contributed by atoms with Crippen molar-refractivity contribution in [3.63, 3.8) is 0 Å². The molecule has 3 rings (SSSR count). The molecule has 0 amide bonds. The quantitative estimate of drug-likeness (QED) is 0.731. The lowest BCUT2D eigenvalue weighted by Gasteiger charge is -2.09. The second-order valence-corrected chi connectivity index (χ2v) is 7.80. The SMILES string of the molecule is Cc1cccc(CS(=O)(=O)Nc2ccc(Cc3ccncc3)cc2)c1. The van der Waals surface area contributed by atoms with Crippen molar-refractivity contribution in [3.8, 4) is 0 Å². The van der Waals surface area contributed by atoms with E-state index in [1.54, 1.807) is 24.5 Å². The summed E-state index contributed by atoms with van der Waals surface area (Å²) < 4.78 is 27.3. The number of aryl methyl sites for hydroxylation is 1. The molecule has 5 heteroatoms. The maximum Gasteiger partial charge on any atom is 0.236 e. The Hall–Kier alpha value is -2.66. The van der Waals surface area contributed by atoms with Crippen LogP contribution in [0.3, 0.4) is 0 Å². The fourth-order valence-electron chi connectivity index (χ4n) is 2.66. The van der Waals surface area contributed by atoms with Crippen LogP contribution in [0.15, 0.2) is 73.1 Å². The third-order valence-electron chi connectivity index (χ3n) is 3.82. The van der Waals surface area contributed by atoms with Crippen LogP contribution in [0, 0.1) is 6.92 Å². The lowest BCUT2D eigenvalue weighted by Crippen LogP contribution is -2.15. The molecular weight excluding hydrogens is 332 g/mol. The van der Waals surface area contributed by atoms with Crippen molar-refractivity contribution in [2.24, 2.45) is 0 Å². The van der Waals surface area contributed by atoms with E-state index in [2.05, 4.69) is 9.71 Å². The summed E-state index contributed by atoms with van der Waals surface area (Å²) >= 11 is 0. The Morgan fingerprint density at radius 3 is 2.24 bits per heavy atom. The largest absolute Gasteiger partial charge is 0.283 e. The van der Waals surface area contributed by atoms with Crippen molar-refractivity contribution in [3.05, 3.63) is 95.3 Å². The Morgan fingerprint density at radius 1 is 0.880 bits per heavy atom. The number of aromatic nitrogens is 1. The first-order valence-electron chi connectivity index (χ1n) is 8.04. The number of anilines is 1. The van der Waals surface area contributed by atoms with Gasteiger partial charge in [0.25, 0.3) is 0 Å². The van der Waals surface area contributed by atoms with Crippen molar-refractivity contribution in [1.29, 1.82) is 0 Å². The number of hydrogen-bond donors (Lipinski definition) is 1. The zero-order valence-corrected chi connectivity index (χ0v) is 14.8. The van der Waals surface area contributed by atoms with Gasteiger partial charge in [-0.15, -0.1) is 0 Å². The fourth-order valence-corrected chi connectivity index (χ4v) is 3.85. The number of nitrogens with zero attached hydrogens (tertiary/aromatic N) is 1. The van der Waals surface area contributed by atoms with Crippen LogP contribution >= 0.6 is 0 Å². The van der Waals surface area contributed by atoms with Crippen LogP contribution in [-0.4, -0.2) is 13.4 Å². The number of nitrogens with one attached hydrogen (secondary N) is 1. The van der Waals surface area contributed by atoms with Crippen molar-refractivity contribution in [2.75, 3.05) is 4.72 Å². The molecule has 0 spiro atoms. The first-order valence-corrected chi connectivity index (χ1v) is 9.69. The number of pyridine rings is 1. The molecule has 0 bridgehead atoms. The maximum atomic E-state index is 12.3. The normalized spacial score (nSPS) is 11.2. The van der Waals surface area contributed by atoms with Crippen LogP contribution in [-0.2, 0) is 22.2 Å².